The normalized spacial score (nSPS) is 10.9. The minimum Gasteiger partial charge on any atom is -0.545 e. The number of ether oxygens (including phenoxy) is 2. The van der Waals surface area contributed by atoms with Crippen molar-refractivity contribution < 1.29 is 19.4 Å². The second-order valence-electron chi connectivity index (χ2n) is 7.31. The van der Waals surface area contributed by atoms with Crippen LogP contribution in [-0.2, 0) is 19.6 Å². The molecule has 6 nitrogen and oxygen atoms in total. The van der Waals surface area contributed by atoms with Crippen LogP contribution in [0.25, 0.3) is 0 Å². The van der Waals surface area contributed by atoms with Gasteiger partial charge in [0.15, 0.2) is 0 Å². The van der Waals surface area contributed by atoms with Crippen molar-refractivity contribution in [2.75, 3.05) is 14.2 Å². The lowest BCUT2D eigenvalue weighted by atomic mass is 10.1. The van der Waals surface area contributed by atoms with Crippen molar-refractivity contribution in [3.05, 3.63) is 81.1 Å². The maximum Gasteiger partial charge on any atom is 0.127 e. The zero-order valence-corrected chi connectivity index (χ0v) is 18.9. The zero-order chi connectivity index (χ0) is 22.5. The van der Waals surface area contributed by atoms with Crippen LogP contribution in [-0.4, -0.2) is 24.8 Å². The largest absolute Gasteiger partial charge is 0.545 e. The second kappa shape index (κ2) is 9.90. The lowest BCUT2D eigenvalue weighted by Gasteiger charge is -2.13. The first kappa shape index (κ1) is 22.7. The number of hydrogen-bond acceptors (Lipinski definition) is 5. The predicted molar refractivity (Wildman–Crippen MR) is 119 cm³/mol. The number of aromatic nitrogens is 1. The predicted octanol–water partition coefficient (Wildman–Crippen LogP) is 3.48. The Bertz CT molecular complexity index is 1070. The van der Waals surface area contributed by atoms with E-state index in [1.165, 1.54) is 0 Å². The number of carbonyl (C=O) groups is 1. The van der Waals surface area contributed by atoms with Crippen molar-refractivity contribution >= 4 is 17.6 Å². The molecule has 2 aromatic carbocycles. The Morgan fingerprint density at radius 3 is 2.35 bits per heavy atom. The molecule has 0 aliphatic heterocycles. The van der Waals surface area contributed by atoms with E-state index >= 15 is 0 Å². The van der Waals surface area contributed by atoms with Crippen molar-refractivity contribution in [3.63, 3.8) is 0 Å². The molecule has 1 aromatic heterocycles. The number of benzene rings is 2. The Labute approximate surface area is 187 Å². The monoisotopic (exact) mass is 441 g/mol. The maximum absolute atomic E-state index is 11.9. The number of aromatic carboxylic acids is 1. The summed E-state index contributed by atoms with van der Waals surface area (Å²) in [6, 6.07) is 13.1. The lowest BCUT2D eigenvalue weighted by Crippen LogP contribution is -2.25. The summed E-state index contributed by atoms with van der Waals surface area (Å²) in [5.41, 5.74) is 4.51. The smallest absolute Gasteiger partial charge is 0.127 e. The molecule has 0 fully saturated rings. The fraction of sp³-hybridized carbons (Fsp3) is 0.292. The number of nitrogens with one attached hydrogen (secondary N) is 1. The quantitative estimate of drug-likeness (QED) is 0.550. The molecule has 31 heavy (non-hydrogen) atoms. The summed E-state index contributed by atoms with van der Waals surface area (Å²) in [7, 11) is 3.21. The molecule has 0 amide bonds. The number of carboxylic acids is 1. The Balaban J connectivity index is 1.82. The van der Waals surface area contributed by atoms with Crippen LogP contribution in [0.4, 0.5) is 0 Å². The fourth-order valence-electron chi connectivity index (χ4n) is 3.77. The molecule has 0 atom stereocenters. The number of carboxylic acid groups (broad SMARTS) is 1. The first-order chi connectivity index (χ1) is 14.8. The standard InChI is InChI=1S/C24H27ClN2O4/c1-15-21(13-26-12-18-7-10-20(30-3)11-22(18)31-4)23(24(28)29)16(2)27(15)14-17-5-8-19(25)9-6-17/h5-11,26H,12-14H2,1-4H3,(H,28,29)/p-1. The van der Waals surface area contributed by atoms with Gasteiger partial charge in [0.25, 0.3) is 0 Å². The Morgan fingerprint density at radius 1 is 1.03 bits per heavy atom. The van der Waals surface area contributed by atoms with Crippen molar-refractivity contribution in [1.82, 2.24) is 9.88 Å². The SMILES string of the molecule is COc1ccc(CNCc2c(C(=O)[O-])c(C)n(Cc3ccc(Cl)cc3)c2C)c(OC)c1. The van der Waals surface area contributed by atoms with Gasteiger partial charge in [0.1, 0.15) is 11.5 Å². The number of hydrogen-bond donors (Lipinski definition) is 1. The van der Waals surface area contributed by atoms with E-state index in [1.807, 2.05) is 60.9 Å². The lowest BCUT2D eigenvalue weighted by molar-refractivity contribution is -0.255. The van der Waals surface area contributed by atoms with Gasteiger partial charge in [0.05, 0.1) is 20.2 Å². The number of rotatable bonds is 9. The molecule has 0 saturated heterocycles. The van der Waals surface area contributed by atoms with Crippen LogP contribution in [0.3, 0.4) is 0 Å². The molecule has 3 rings (SSSR count). The number of nitrogens with zero attached hydrogens (tertiary/aromatic N) is 1. The van der Waals surface area contributed by atoms with Crippen molar-refractivity contribution in [3.8, 4) is 11.5 Å². The van der Waals surface area contributed by atoms with Gasteiger partial charge in [-0.15, -0.1) is 0 Å². The van der Waals surface area contributed by atoms with E-state index in [-0.39, 0.29) is 5.56 Å². The maximum atomic E-state index is 11.9. The third-order valence-corrected chi connectivity index (χ3v) is 5.73. The minimum atomic E-state index is -1.17. The van der Waals surface area contributed by atoms with Crippen molar-refractivity contribution in [2.24, 2.45) is 0 Å². The molecular weight excluding hydrogens is 416 g/mol. The average Bonchev–Trinajstić information content (AvgIpc) is 2.99. The van der Waals surface area contributed by atoms with Gasteiger partial charge in [-0.05, 0) is 43.2 Å². The van der Waals surface area contributed by atoms with E-state index in [2.05, 4.69) is 5.32 Å². The number of halogens is 1. The van der Waals surface area contributed by atoms with Crippen LogP contribution in [0.5, 0.6) is 11.5 Å². The highest BCUT2D eigenvalue weighted by molar-refractivity contribution is 6.30. The van der Waals surface area contributed by atoms with Crippen LogP contribution in [0, 0.1) is 13.8 Å². The van der Waals surface area contributed by atoms with Gasteiger partial charge in [0.2, 0.25) is 0 Å². The molecule has 0 aliphatic rings. The van der Waals surface area contributed by atoms with E-state index in [4.69, 9.17) is 21.1 Å². The molecule has 0 saturated carbocycles. The van der Waals surface area contributed by atoms with Crippen LogP contribution in [0.2, 0.25) is 5.02 Å². The van der Waals surface area contributed by atoms with Crippen LogP contribution < -0.4 is 19.9 Å². The molecule has 0 radical (unpaired) electrons. The third-order valence-electron chi connectivity index (χ3n) is 5.48. The summed E-state index contributed by atoms with van der Waals surface area (Å²) >= 11 is 5.98. The van der Waals surface area contributed by atoms with E-state index < -0.39 is 5.97 Å². The van der Waals surface area contributed by atoms with E-state index in [0.717, 1.165) is 22.4 Å². The summed E-state index contributed by atoms with van der Waals surface area (Å²) in [6.07, 6.45) is 0. The van der Waals surface area contributed by atoms with Gasteiger partial charge in [0, 0.05) is 53.2 Å². The first-order valence-electron chi connectivity index (χ1n) is 9.91. The molecule has 0 bridgehead atoms. The van der Waals surface area contributed by atoms with E-state index in [0.29, 0.717) is 41.8 Å². The fourth-order valence-corrected chi connectivity index (χ4v) is 3.89. The van der Waals surface area contributed by atoms with Crippen LogP contribution in [0.1, 0.15) is 38.4 Å². The molecule has 7 heteroatoms. The zero-order valence-electron chi connectivity index (χ0n) is 18.1. The van der Waals surface area contributed by atoms with Gasteiger partial charge < -0.3 is 29.3 Å². The summed E-state index contributed by atoms with van der Waals surface area (Å²) in [5.74, 6) is 0.250. The first-order valence-corrected chi connectivity index (χ1v) is 10.3. The Kier molecular flexibility index (Phi) is 7.25. The molecule has 1 heterocycles. The summed E-state index contributed by atoms with van der Waals surface area (Å²) in [5, 5.41) is 15.9. The number of carbonyl (C=O) groups excluding carboxylic acids is 1. The summed E-state index contributed by atoms with van der Waals surface area (Å²) in [6.45, 7) is 5.20. The second-order valence-corrected chi connectivity index (χ2v) is 7.74. The average molecular weight is 442 g/mol. The molecule has 0 unspecified atom stereocenters. The van der Waals surface area contributed by atoms with Gasteiger partial charge in [-0.3, -0.25) is 0 Å². The van der Waals surface area contributed by atoms with Crippen LogP contribution >= 0.6 is 11.6 Å². The van der Waals surface area contributed by atoms with Gasteiger partial charge in [-0.1, -0.05) is 29.8 Å². The van der Waals surface area contributed by atoms with Crippen molar-refractivity contribution in [2.45, 2.75) is 33.5 Å². The van der Waals surface area contributed by atoms with E-state index in [1.54, 1.807) is 14.2 Å². The number of methoxy groups -OCH3 is 2. The highest BCUT2D eigenvalue weighted by atomic mass is 35.5. The van der Waals surface area contributed by atoms with Gasteiger partial charge >= 0.3 is 0 Å². The van der Waals surface area contributed by atoms with Gasteiger partial charge in [-0.2, -0.15) is 0 Å². The van der Waals surface area contributed by atoms with Crippen LogP contribution in [0.15, 0.2) is 42.5 Å². The molecule has 0 spiro atoms. The molecule has 0 aliphatic carbocycles. The summed E-state index contributed by atoms with van der Waals surface area (Å²) in [4.78, 5) is 11.9. The minimum absolute atomic E-state index is 0.237. The Morgan fingerprint density at radius 2 is 1.74 bits per heavy atom. The molecule has 3 aromatic rings. The topological polar surface area (TPSA) is 75.5 Å². The summed E-state index contributed by atoms with van der Waals surface area (Å²) < 4.78 is 12.7. The highest BCUT2D eigenvalue weighted by Crippen LogP contribution is 2.26. The van der Waals surface area contributed by atoms with Gasteiger partial charge in [-0.25, -0.2) is 0 Å². The molecular formula is C24H26ClN2O4-. The van der Waals surface area contributed by atoms with E-state index in [9.17, 15) is 9.90 Å². The molecule has 164 valence electrons. The van der Waals surface area contributed by atoms with Crippen molar-refractivity contribution in [1.29, 1.82) is 0 Å². The molecule has 1 N–H and O–H groups in total. The third kappa shape index (κ3) is 5.03. The Hall–Kier alpha value is -2.96. The highest BCUT2D eigenvalue weighted by Gasteiger charge is 2.18.